The Morgan fingerprint density at radius 2 is 2.00 bits per heavy atom. The van der Waals surface area contributed by atoms with Crippen LogP contribution in [0.5, 0.6) is 0 Å². The molecule has 0 aliphatic rings. The second-order valence-electron chi connectivity index (χ2n) is 3.87. The van der Waals surface area contributed by atoms with E-state index in [2.05, 4.69) is 24.2 Å². The summed E-state index contributed by atoms with van der Waals surface area (Å²) in [7, 11) is 0. The third-order valence-electron chi connectivity index (χ3n) is 2.63. The van der Waals surface area contributed by atoms with Gasteiger partial charge >= 0.3 is 5.97 Å². The van der Waals surface area contributed by atoms with Gasteiger partial charge in [-0.2, -0.15) is 5.10 Å². The molecule has 88 valence electrons. The minimum absolute atomic E-state index is 0.104. The second kappa shape index (κ2) is 4.82. The molecule has 0 unspecified atom stereocenters. The van der Waals surface area contributed by atoms with Crippen molar-refractivity contribution in [1.29, 1.82) is 0 Å². The molecule has 0 bridgehead atoms. The van der Waals surface area contributed by atoms with Crippen molar-refractivity contribution in [1.82, 2.24) is 9.78 Å². The van der Waals surface area contributed by atoms with Crippen molar-refractivity contribution in [2.45, 2.75) is 19.9 Å². The van der Waals surface area contributed by atoms with Gasteiger partial charge in [-0.15, -0.1) is 0 Å². The van der Waals surface area contributed by atoms with Gasteiger partial charge in [-0.3, -0.25) is 9.48 Å². The quantitative estimate of drug-likeness (QED) is 0.876. The largest absolute Gasteiger partial charge is 0.480 e. The first-order valence-electron chi connectivity index (χ1n) is 5.52. The summed E-state index contributed by atoms with van der Waals surface area (Å²) in [5.74, 6) is -0.888. The SMILES string of the molecule is CCc1ccc(-c2cnn(CC(=O)O)c2)cc1. The normalized spacial score (nSPS) is 10.4. The molecule has 0 radical (unpaired) electrons. The van der Waals surface area contributed by atoms with Crippen LogP contribution in [0.15, 0.2) is 36.7 Å². The zero-order valence-electron chi connectivity index (χ0n) is 9.63. The number of hydrogen-bond acceptors (Lipinski definition) is 2. The smallest absolute Gasteiger partial charge is 0.325 e. The molecule has 0 atom stereocenters. The monoisotopic (exact) mass is 230 g/mol. The Balaban J connectivity index is 2.21. The van der Waals surface area contributed by atoms with E-state index in [1.54, 1.807) is 12.4 Å². The van der Waals surface area contributed by atoms with Gasteiger partial charge in [-0.05, 0) is 17.5 Å². The Hall–Kier alpha value is -2.10. The summed E-state index contributed by atoms with van der Waals surface area (Å²) in [4.78, 5) is 10.5. The predicted molar refractivity (Wildman–Crippen MR) is 64.7 cm³/mol. The fraction of sp³-hybridized carbons (Fsp3) is 0.231. The Kier molecular flexibility index (Phi) is 3.23. The van der Waals surface area contributed by atoms with Crippen molar-refractivity contribution in [2.24, 2.45) is 0 Å². The summed E-state index contributed by atoms with van der Waals surface area (Å²) < 4.78 is 1.42. The van der Waals surface area contributed by atoms with Crippen molar-refractivity contribution in [3.63, 3.8) is 0 Å². The molecule has 17 heavy (non-hydrogen) atoms. The van der Waals surface area contributed by atoms with Crippen LogP contribution >= 0.6 is 0 Å². The van der Waals surface area contributed by atoms with Gasteiger partial charge in [0, 0.05) is 11.8 Å². The van der Waals surface area contributed by atoms with Crippen LogP contribution in [0.2, 0.25) is 0 Å². The number of rotatable bonds is 4. The van der Waals surface area contributed by atoms with E-state index in [0.29, 0.717) is 0 Å². The summed E-state index contributed by atoms with van der Waals surface area (Å²) >= 11 is 0. The van der Waals surface area contributed by atoms with E-state index in [1.165, 1.54) is 10.2 Å². The van der Waals surface area contributed by atoms with Crippen LogP contribution in [0, 0.1) is 0 Å². The highest BCUT2D eigenvalue weighted by atomic mass is 16.4. The van der Waals surface area contributed by atoms with Crippen LogP contribution in [0.4, 0.5) is 0 Å². The number of nitrogens with zero attached hydrogens (tertiary/aromatic N) is 2. The molecule has 2 rings (SSSR count). The number of carbonyl (C=O) groups is 1. The topological polar surface area (TPSA) is 55.1 Å². The van der Waals surface area contributed by atoms with Crippen LogP contribution < -0.4 is 0 Å². The van der Waals surface area contributed by atoms with Crippen molar-refractivity contribution in [2.75, 3.05) is 0 Å². The fourth-order valence-corrected chi connectivity index (χ4v) is 1.67. The van der Waals surface area contributed by atoms with Gasteiger partial charge in [0.25, 0.3) is 0 Å². The van der Waals surface area contributed by atoms with Gasteiger partial charge in [0.05, 0.1) is 6.20 Å². The number of aryl methyl sites for hydroxylation is 1. The van der Waals surface area contributed by atoms with E-state index in [0.717, 1.165) is 17.5 Å². The van der Waals surface area contributed by atoms with Crippen LogP contribution in [0.3, 0.4) is 0 Å². The Morgan fingerprint density at radius 3 is 2.59 bits per heavy atom. The maximum absolute atomic E-state index is 10.5. The number of aliphatic carboxylic acids is 1. The number of carboxylic acid groups (broad SMARTS) is 1. The van der Waals surface area contributed by atoms with Crippen LogP contribution in [-0.4, -0.2) is 20.9 Å². The molecule has 0 spiro atoms. The van der Waals surface area contributed by atoms with Crippen LogP contribution in [0.25, 0.3) is 11.1 Å². The van der Waals surface area contributed by atoms with Crippen molar-refractivity contribution in [3.05, 3.63) is 42.2 Å². The highest BCUT2D eigenvalue weighted by molar-refractivity contribution is 5.67. The van der Waals surface area contributed by atoms with E-state index in [9.17, 15) is 4.79 Å². The Morgan fingerprint density at radius 1 is 1.29 bits per heavy atom. The van der Waals surface area contributed by atoms with E-state index in [1.807, 2.05) is 12.1 Å². The average molecular weight is 230 g/mol. The van der Waals surface area contributed by atoms with Crippen molar-refractivity contribution in [3.8, 4) is 11.1 Å². The third kappa shape index (κ3) is 2.72. The Bertz CT molecular complexity index is 514. The first-order valence-corrected chi connectivity index (χ1v) is 5.52. The molecule has 0 aliphatic heterocycles. The van der Waals surface area contributed by atoms with Gasteiger partial charge in [0.1, 0.15) is 6.54 Å². The van der Waals surface area contributed by atoms with Gasteiger partial charge in [-0.25, -0.2) is 0 Å². The molecule has 0 amide bonds. The van der Waals surface area contributed by atoms with Crippen LogP contribution in [-0.2, 0) is 17.8 Å². The maximum atomic E-state index is 10.5. The molecular weight excluding hydrogens is 216 g/mol. The molecule has 4 heteroatoms. The van der Waals surface area contributed by atoms with E-state index < -0.39 is 5.97 Å². The highest BCUT2D eigenvalue weighted by Gasteiger charge is 2.04. The van der Waals surface area contributed by atoms with Gasteiger partial charge < -0.3 is 5.11 Å². The third-order valence-corrected chi connectivity index (χ3v) is 2.63. The minimum Gasteiger partial charge on any atom is -0.480 e. The fourth-order valence-electron chi connectivity index (χ4n) is 1.67. The lowest BCUT2D eigenvalue weighted by Crippen LogP contribution is -2.08. The first kappa shape index (κ1) is 11.4. The standard InChI is InChI=1S/C13H14N2O2/c1-2-10-3-5-11(6-4-10)12-7-14-15(8-12)9-13(16)17/h3-8H,2,9H2,1H3,(H,16,17). The zero-order chi connectivity index (χ0) is 12.3. The molecule has 0 fully saturated rings. The number of benzene rings is 1. The summed E-state index contributed by atoms with van der Waals surface area (Å²) in [6.45, 7) is 2.01. The van der Waals surface area contributed by atoms with Crippen LogP contribution in [0.1, 0.15) is 12.5 Å². The Labute approximate surface area is 99.5 Å². The lowest BCUT2D eigenvalue weighted by Gasteiger charge is -1.99. The molecule has 1 N–H and O–H groups in total. The van der Waals surface area contributed by atoms with Gasteiger partial charge in [-0.1, -0.05) is 31.2 Å². The molecule has 1 heterocycles. The molecular formula is C13H14N2O2. The highest BCUT2D eigenvalue weighted by Crippen LogP contribution is 2.19. The number of hydrogen-bond donors (Lipinski definition) is 1. The van der Waals surface area contributed by atoms with E-state index in [-0.39, 0.29) is 6.54 Å². The lowest BCUT2D eigenvalue weighted by molar-refractivity contribution is -0.137. The molecule has 4 nitrogen and oxygen atoms in total. The molecule has 2 aromatic rings. The first-order chi connectivity index (χ1) is 8.19. The molecule has 0 saturated carbocycles. The van der Waals surface area contributed by atoms with E-state index in [4.69, 9.17) is 5.11 Å². The summed E-state index contributed by atoms with van der Waals surface area (Å²) in [5, 5.41) is 12.7. The van der Waals surface area contributed by atoms with Crippen molar-refractivity contribution < 1.29 is 9.90 Å². The van der Waals surface area contributed by atoms with Gasteiger partial charge in [0.15, 0.2) is 0 Å². The molecule has 0 saturated heterocycles. The minimum atomic E-state index is -0.888. The summed E-state index contributed by atoms with van der Waals surface area (Å²) in [6, 6.07) is 8.20. The van der Waals surface area contributed by atoms with E-state index >= 15 is 0 Å². The molecule has 1 aromatic heterocycles. The summed E-state index contributed by atoms with van der Waals surface area (Å²) in [5.41, 5.74) is 3.28. The maximum Gasteiger partial charge on any atom is 0.325 e. The number of aromatic nitrogens is 2. The zero-order valence-corrected chi connectivity index (χ0v) is 9.63. The number of carboxylic acids is 1. The van der Waals surface area contributed by atoms with Crippen molar-refractivity contribution >= 4 is 5.97 Å². The lowest BCUT2D eigenvalue weighted by atomic mass is 10.1. The summed E-state index contributed by atoms with van der Waals surface area (Å²) in [6.07, 6.45) is 4.44. The van der Waals surface area contributed by atoms with Gasteiger partial charge in [0.2, 0.25) is 0 Å². The molecule has 1 aromatic carbocycles. The molecule has 0 aliphatic carbocycles. The second-order valence-corrected chi connectivity index (χ2v) is 3.87. The average Bonchev–Trinajstić information content (AvgIpc) is 2.77. The predicted octanol–water partition coefficient (Wildman–Crippen LogP) is 2.20.